The number of benzene rings is 1. The van der Waals surface area contributed by atoms with Gasteiger partial charge in [0.1, 0.15) is 0 Å². The van der Waals surface area contributed by atoms with Gasteiger partial charge < -0.3 is 4.74 Å². The molecule has 0 aliphatic carbocycles. The lowest BCUT2D eigenvalue weighted by Crippen LogP contribution is -2.29. The summed E-state index contributed by atoms with van der Waals surface area (Å²) >= 11 is 0. The second kappa shape index (κ2) is 6.31. The topological polar surface area (TPSA) is 60.2 Å². The molecular weight excluding hydrogens is 250 g/mol. The van der Waals surface area contributed by atoms with E-state index in [4.69, 9.17) is 10.6 Å². The average molecular weight is 271 g/mol. The largest absolute Gasteiger partial charge is 0.378 e. The summed E-state index contributed by atoms with van der Waals surface area (Å²) in [6.07, 6.45) is 6.61. The molecule has 2 atom stereocenters. The van der Waals surface area contributed by atoms with E-state index in [2.05, 4.69) is 22.5 Å². The summed E-state index contributed by atoms with van der Waals surface area (Å²) in [4.78, 5) is 4.40. The summed E-state index contributed by atoms with van der Waals surface area (Å²) < 4.78 is 5.69. The molecule has 2 aromatic rings. The molecule has 4 nitrogen and oxygen atoms in total. The van der Waals surface area contributed by atoms with Crippen molar-refractivity contribution in [2.75, 3.05) is 6.61 Å². The highest BCUT2D eigenvalue weighted by atomic mass is 16.5. The molecule has 1 fully saturated rings. The van der Waals surface area contributed by atoms with Gasteiger partial charge in [0, 0.05) is 24.2 Å². The molecule has 0 radical (unpaired) electrons. The Morgan fingerprint density at radius 1 is 1.35 bits per heavy atom. The molecule has 0 amide bonds. The molecule has 1 saturated heterocycles. The first-order valence-corrected chi connectivity index (χ1v) is 7.30. The minimum absolute atomic E-state index is 0.145. The van der Waals surface area contributed by atoms with Crippen molar-refractivity contribution in [3.05, 3.63) is 42.1 Å². The first-order chi connectivity index (χ1) is 9.88. The van der Waals surface area contributed by atoms with E-state index in [1.54, 1.807) is 0 Å². The number of hydrogen-bond donors (Lipinski definition) is 2. The number of fused-ring (bicyclic) bond motifs is 1. The summed E-state index contributed by atoms with van der Waals surface area (Å²) in [5, 5.41) is 1.17. The molecule has 1 aromatic heterocycles. The molecule has 3 N–H and O–H groups in total. The number of pyridine rings is 1. The monoisotopic (exact) mass is 271 g/mol. The third kappa shape index (κ3) is 2.82. The average Bonchev–Trinajstić information content (AvgIpc) is 3.01. The van der Waals surface area contributed by atoms with Gasteiger partial charge in [-0.1, -0.05) is 18.2 Å². The van der Waals surface area contributed by atoms with Gasteiger partial charge in [0.2, 0.25) is 0 Å². The first-order valence-electron chi connectivity index (χ1n) is 7.30. The highest BCUT2D eigenvalue weighted by molar-refractivity contribution is 5.82. The van der Waals surface area contributed by atoms with Crippen molar-refractivity contribution in [2.24, 2.45) is 5.84 Å². The summed E-state index contributed by atoms with van der Waals surface area (Å²) in [5.41, 5.74) is 5.19. The second-order valence-electron chi connectivity index (χ2n) is 5.35. The van der Waals surface area contributed by atoms with E-state index in [1.807, 2.05) is 24.4 Å². The van der Waals surface area contributed by atoms with Crippen molar-refractivity contribution < 1.29 is 4.74 Å². The molecule has 2 unspecified atom stereocenters. The Hall–Kier alpha value is -1.49. The Labute approximate surface area is 119 Å². The number of nitrogens with one attached hydrogen (secondary N) is 1. The van der Waals surface area contributed by atoms with E-state index >= 15 is 0 Å². The Kier molecular flexibility index (Phi) is 4.25. The van der Waals surface area contributed by atoms with Crippen LogP contribution in [0.5, 0.6) is 0 Å². The maximum Gasteiger partial charge on any atom is 0.0705 e. The van der Waals surface area contributed by atoms with Gasteiger partial charge >= 0.3 is 0 Å². The number of nitrogens with zero attached hydrogens (tertiary/aromatic N) is 1. The van der Waals surface area contributed by atoms with E-state index in [-0.39, 0.29) is 6.04 Å². The Balaban J connectivity index is 1.79. The van der Waals surface area contributed by atoms with Gasteiger partial charge in [-0.3, -0.25) is 16.3 Å². The summed E-state index contributed by atoms with van der Waals surface area (Å²) in [5.74, 6) is 5.77. The number of hydrazine groups is 1. The van der Waals surface area contributed by atoms with E-state index in [9.17, 15) is 0 Å². The standard InChI is InChI=1S/C16H21N3O/c17-19-16(9-8-12-4-3-11-20-12)14-5-1-7-15-13(14)6-2-10-18-15/h1-2,5-7,10,12,16,19H,3-4,8-9,11,17H2. The van der Waals surface area contributed by atoms with Crippen LogP contribution in [-0.4, -0.2) is 17.7 Å². The zero-order valence-corrected chi connectivity index (χ0v) is 11.6. The van der Waals surface area contributed by atoms with Crippen LogP contribution in [0.4, 0.5) is 0 Å². The first kappa shape index (κ1) is 13.5. The fourth-order valence-corrected chi connectivity index (χ4v) is 2.98. The van der Waals surface area contributed by atoms with Crippen LogP contribution in [0.25, 0.3) is 10.9 Å². The lowest BCUT2D eigenvalue weighted by molar-refractivity contribution is 0.0996. The molecule has 0 saturated carbocycles. The van der Waals surface area contributed by atoms with Gasteiger partial charge in [-0.2, -0.15) is 0 Å². The van der Waals surface area contributed by atoms with Crippen LogP contribution >= 0.6 is 0 Å². The van der Waals surface area contributed by atoms with Gasteiger partial charge in [0.25, 0.3) is 0 Å². The van der Waals surface area contributed by atoms with Crippen LogP contribution in [0, 0.1) is 0 Å². The van der Waals surface area contributed by atoms with Crippen molar-refractivity contribution in [1.82, 2.24) is 10.4 Å². The summed E-state index contributed by atoms with van der Waals surface area (Å²) in [7, 11) is 0. The summed E-state index contributed by atoms with van der Waals surface area (Å²) in [6, 6.07) is 10.4. The van der Waals surface area contributed by atoms with Crippen LogP contribution in [-0.2, 0) is 4.74 Å². The smallest absolute Gasteiger partial charge is 0.0705 e. The van der Waals surface area contributed by atoms with Crippen LogP contribution in [0.3, 0.4) is 0 Å². The molecule has 2 heterocycles. The number of rotatable bonds is 5. The van der Waals surface area contributed by atoms with Crippen LogP contribution < -0.4 is 11.3 Å². The lowest BCUT2D eigenvalue weighted by atomic mass is 9.96. The van der Waals surface area contributed by atoms with Gasteiger partial charge in [-0.05, 0) is 43.4 Å². The minimum Gasteiger partial charge on any atom is -0.378 e. The van der Waals surface area contributed by atoms with Gasteiger partial charge in [-0.15, -0.1) is 0 Å². The van der Waals surface area contributed by atoms with Gasteiger partial charge in [-0.25, -0.2) is 0 Å². The van der Waals surface area contributed by atoms with Crippen molar-refractivity contribution in [3.63, 3.8) is 0 Å². The zero-order valence-electron chi connectivity index (χ0n) is 11.6. The van der Waals surface area contributed by atoms with E-state index in [0.29, 0.717) is 6.10 Å². The molecule has 1 aromatic carbocycles. The van der Waals surface area contributed by atoms with Crippen molar-refractivity contribution in [2.45, 2.75) is 37.8 Å². The molecule has 0 bridgehead atoms. The number of ether oxygens (including phenoxy) is 1. The fourth-order valence-electron chi connectivity index (χ4n) is 2.98. The lowest BCUT2D eigenvalue weighted by Gasteiger charge is -2.20. The van der Waals surface area contributed by atoms with Crippen LogP contribution in [0.2, 0.25) is 0 Å². The Morgan fingerprint density at radius 2 is 2.30 bits per heavy atom. The van der Waals surface area contributed by atoms with Crippen molar-refractivity contribution >= 4 is 10.9 Å². The van der Waals surface area contributed by atoms with Crippen molar-refractivity contribution in [3.8, 4) is 0 Å². The molecule has 0 spiro atoms. The highest BCUT2D eigenvalue weighted by Gasteiger charge is 2.19. The predicted octanol–water partition coefficient (Wildman–Crippen LogP) is 2.70. The van der Waals surface area contributed by atoms with Gasteiger partial charge in [0.05, 0.1) is 11.6 Å². The molecule has 20 heavy (non-hydrogen) atoms. The normalized spacial score (nSPS) is 20.4. The minimum atomic E-state index is 0.145. The number of nitrogens with two attached hydrogens (primary N) is 1. The molecule has 1 aliphatic rings. The van der Waals surface area contributed by atoms with Gasteiger partial charge in [0.15, 0.2) is 0 Å². The van der Waals surface area contributed by atoms with Crippen LogP contribution in [0.1, 0.15) is 37.3 Å². The van der Waals surface area contributed by atoms with Crippen LogP contribution in [0.15, 0.2) is 36.5 Å². The SMILES string of the molecule is NNC(CCC1CCCO1)c1cccc2ncccc12. The van der Waals surface area contributed by atoms with E-state index in [0.717, 1.165) is 25.0 Å². The second-order valence-corrected chi connectivity index (χ2v) is 5.35. The number of hydrogen-bond acceptors (Lipinski definition) is 4. The Bertz CT molecular complexity index is 561. The van der Waals surface area contributed by atoms with E-state index < -0.39 is 0 Å². The summed E-state index contributed by atoms with van der Waals surface area (Å²) in [6.45, 7) is 0.906. The maximum atomic E-state index is 5.77. The molecule has 106 valence electrons. The predicted molar refractivity (Wildman–Crippen MR) is 80.0 cm³/mol. The molecule has 4 heteroatoms. The number of aromatic nitrogens is 1. The molecular formula is C16H21N3O. The van der Waals surface area contributed by atoms with Crippen molar-refractivity contribution in [1.29, 1.82) is 0 Å². The third-order valence-corrected chi connectivity index (χ3v) is 4.06. The zero-order chi connectivity index (χ0) is 13.8. The molecule has 3 rings (SSSR count). The highest BCUT2D eigenvalue weighted by Crippen LogP contribution is 2.28. The molecule has 1 aliphatic heterocycles. The Morgan fingerprint density at radius 3 is 3.10 bits per heavy atom. The fraction of sp³-hybridized carbons (Fsp3) is 0.438. The van der Waals surface area contributed by atoms with E-state index in [1.165, 1.54) is 23.8 Å². The quantitative estimate of drug-likeness (QED) is 0.648. The third-order valence-electron chi connectivity index (χ3n) is 4.06. The maximum absolute atomic E-state index is 5.77.